The van der Waals surface area contributed by atoms with Crippen LogP contribution in [-0.2, 0) is 0 Å². The summed E-state index contributed by atoms with van der Waals surface area (Å²) in [7, 11) is 0. The fraction of sp³-hybridized carbons (Fsp3) is 0.636. The molecule has 1 aromatic heterocycles. The zero-order chi connectivity index (χ0) is 13.2. The number of H-pyrrole nitrogens is 1. The second-order valence-electron chi connectivity index (χ2n) is 5.13. The van der Waals surface area contributed by atoms with E-state index in [0.29, 0.717) is 12.2 Å². The van der Waals surface area contributed by atoms with Crippen molar-refractivity contribution in [2.24, 2.45) is 5.73 Å². The molecule has 0 saturated heterocycles. The van der Waals surface area contributed by atoms with E-state index in [-0.39, 0.29) is 11.8 Å². The Labute approximate surface area is 110 Å². The summed E-state index contributed by atoms with van der Waals surface area (Å²) < 4.78 is 0.722. The minimum absolute atomic E-state index is 0.224. The zero-order valence-corrected chi connectivity index (χ0v) is 12.2. The first-order valence-corrected chi connectivity index (χ1v) is 6.32. The maximum atomic E-state index is 11.9. The van der Waals surface area contributed by atoms with Crippen molar-refractivity contribution in [2.75, 3.05) is 6.54 Å². The van der Waals surface area contributed by atoms with E-state index in [1.807, 2.05) is 27.7 Å². The Morgan fingerprint density at radius 3 is 2.59 bits per heavy atom. The SMILES string of the molecule is CC(C)c1[nH]nc(C(=O)NCC(C)(C)N)c1Br. The second kappa shape index (κ2) is 5.18. The van der Waals surface area contributed by atoms with Crippen molar-refractivity contribution in [3.63, 3.8) is 0 Å². The lowest BCUT2D eigenvalue weighted by atomic mass is 10.1. The molecule has 0 aliphatic heterocycles. The Balaban J connectivity index is 2.77. The number of aromatic amines is 1. The molecule has 0 atom stereocenters. The van der Waals surface area contributed by atoms with Crippen LogP contribution in [0, 0.1) is 0 Å². The average molecular weight is 303 g/mol. The smallest absolute Gasteiger partial charge is 0.273 e. The molecule has 0 fully saturated rings. The highest BCUT2D eigenvalue weighted by atomic mass is 79.9. The van der Waals surface area contributed by atoms with Crippen LogP contribution < -0.4 is 11.1 Å². The van der Waals surface area contributed by atoms with E-state index in [0.717, 1.165) is 10.2 Å². The first kappa shape index (κ1) is 14.2. The van der Waals surface area contributed by atoms with Crippen LogP contribution in [0.1, 0.15) is 49.8 Å². The van der Waals surface area contributed by atoms with Crippen LogP contribution in [0.2, 0.25) is 0 Å². The van der Waals surface area contributed by atoms with Gasteiger partial charge in [-0.2, -0.15) is 5.10 Å². The van der Waals surface area contributed by atoms with E-state index in [4.69, 9.17) is 5.73 Å². The monoisotopic (exact) mass is 302 g/mol. The number of aromatic nitrogens is 2. The molecule has 0 aromatic carbocycles. The molecular weight excluding hydrogens is 284 g/mol. The van der Waals surface area contributed by atoms with E-state index in [9.17, 15) is 4.79 Å². The van der Waals surface area contributed by atoms with Crippen molar-refractivity contribution in [2.45, 2.75) is 39.2 Å². The van der Waals surface area contributed by atoms with E-state index in [1.165, 1.54) is 0 Å². The fourth-order valence-electron chi connectivity index (χ4n) is 1.27. The molecule has 1 aromatic rings. The number of carbonyl (C=O) groups is 1. The average Bonchev–Trinajstić information content (AvgIpc) is 2.55. The van der Waals surface area contributed by atoms with Gasteiger partial charge in [0.05, 0.1) is 10.2 Å². The van der Waals surface area contributed by atoms with E-state index >= 15 is 0 Å². The summed E-state index contributed by atoms with van der Waals surface area (Å²) in [6, 6.07) is 0. The number of hydrogen-bond acceptors (Lipinski definition) is 3. The minimum Gasteiger partial charge on any atom is -0.349 e. The molecule has 5 nitrogen and oxygen atoms in total. The minimum atomic E-state index is -0.431. The van der Waals surface area contributed by atoms with Gasteiger partial charge >= 0.3 is 0 Å². The van der Waals surface area contributed by atoms with Gasteiger partial charge in [-0.15, -0.1) is 0 Å². The molecule has 96 valence electrons. The molecule has 1 rings (SSSR count). The van der Waals surface area contributed by atoms with Crippen molar-refractivity contribution >= 4 is 21.8 Å². The summed E-state index contributed by atoms with van der Waals surface area (Å²) in [6.07, 6.45) is 0. The molecule has 6 heteroatoms. The van der Waals surface area contributed by atoms with Gasteiger partial charge in [0, 0.05) is 12.1 Å². The standard InChI is InChI=1S/C11H19BrN4O/c1-6(2)8-7(12)9(16-15-8)10(17)14-5-11(3,4)13/h6H,5,13H2,1-4H3,(H,14,17)(H,15,16). The van der Waals surface area contributed by atoms with Gasteiger partial charge < -0.3 is 11.1 Å². The number of hydrogen-bond donors (Lipinski definition) is 3. The van der Waals surface area contributed by atoms with E-state index < -0.39 is 5.54 Å². The molecular formula is C11H19BrN4O. The van der Waals surface area contributed by atoms with E-state index in [2.05, 4.69) is 31.4 Å². The van der Waals surface area contributed by atoms with Gasteiger partial charge in [-0.25, -0.2) is 0 Å². The summed E-state index contributed by atoms with van der Waals surface area (Å²) >= 11 is 3.39. The zero-order valence-electron chi connectivity index (χ0n) is 10.6. The topological polar surface area (TPSA) is 83.8 Å². The second-order valence-corrected chi connectivity index (χ2v) is 5.92. The highest BCUT2D eigenvalue weighted by molar-refractivity contribution is 9.10. The van der Waals surface area contributed by atoms with E-state index in [1.54, 1.807) is 0 Å². The summed E-state index contributed by atoms with van der Waals surface area (Å²) in [5.74, 6) is 0.0583. The van der Waals surface area contributed by atoms with Crippen LogP contribution in [0.25, 0.3) is 0 Å². The van der Waals surface area contributed by atoms with Crippen molar-refractivity contribution < 1.29 is 4.79 Å². The van der Waals surface area contributed by atoms with Crippen molar-refractivity contribution in [3.05, 3.63) is 15.9 Å². The van der Waals surface area contributed by atoms with Crippen LogP contribution in [-0.4, -0.2) is 28.2 Å². The molecule has 0 radical (unpaired) electrons. The number of carbonyl (C=O) groups excluding carboxylic acids is 1. The number of rotatable bonds is 4. The molecule has 1 amide bonds. The molecule has 0 bridgehead atoms. The van der Waals surface area contributed by atoms with Crippen LogP contribution in [0.15, 0.2) is 4.47 Å². The summed E-state index contributed by atoms with van der Waals surface area (Å²) in [5.41, 5.74) is 6.66. The number of nitrogens with zero attached hydrogens (tertiary/aromatic N) is 1. The first-order chi connectivity index (χ1) is 7.72. The van der Waals surface area contributed by atoms with Gasteiger partial charge in [-0.1, -0.05) is 13.8 Å². The third-order valence-corrected chi connectivity index (χ3v) is 3.03. The lowest BCUT2D eigenvalue weighted by Crippen LogP contribution is -2.45. The van der Waals surface area contributed by atoms with Gasteiger partial charge in [0.25, 0.3) is 5.91 Å². The van der Waals surface area contributed by atoms with Gasteiger partial charge in [0.2, 0.25) is 0 Å². The van der Waals surface area contributed by atoms with Crippen molar-refractivity contribution in [1.29, 1.82) is 0 Å². The predicted molar refractivity (Wildman–Crippen MR) is 71.0 cm³/mol. The summed E-state index contributed by atoms with van der Waals surface area (Å²) in [6.45, 7) is 8.17. The third-order valence-electron chi connectivity index (χ3n) is 2.23. The van der Waals surface area contributed by atoms with Crippen LogP contribution in [0.3, 0.4) is 0 Å². The third kappa shape index (κ3) is 3.81. The van der Waals surface area contributed by atoms with Gasteiger partial charge in [0.1, 0.15) is 0 Å². The molecule has 0 aliphatic carbocycles. The highest BCUT2D eigenvalue weighted by Crippen LogP contribution is 2.25. The number of nitrogens with one attached hydrogen (secondary N) is 2. The normalized spacial score (nSPS) is 11.9. The van der Waals surface area contributed by atoms with Crippen LogP contribution in [0.4, 0.5) is 0 Å². The van der Waals surface area contributed by atoms with Gasteiger partial charge in [-0.3, -0.25) is 9.89 Å². The quantitative estimate of drug-likeness (QED) is 0.792. The molecule has 4 N–H and O–H groups in total. The lowest BCUT2D eigenvalue weighted by Gasteiger charge is -2.18. The van der Waals surface area contributed by atoms with Crippen molar-refractivity contribution in [1.82, 2.24) is 15.5 Å². The Bertz CT molecular complexity index is 406. The Kier molecular flexibility index (Phi) is 4.32. The summed E-state index contributed by atoms with van der Waals surface area (Å²) in [4.78, 5) is 11.9. The Morgan fingerprint density at radius 1 is 1.59 bits per heavy atom. The maximum Gasteiger partial charge on any atom is 0.273 e. The van der Waals surface area contributed by atoms with Crippen molar-refractivity contribution in [3.8, 4) is 0 Å². The maximum absolute atomic E-state index is 11.9. The number of halogens is 1. The fourth-order valence-corrected chi connectivity index (χ4v) is 2.08. The largest absolute Gasteiger partial charge is 0.349 e. The summed E-state index contributed by atoms with van der Waals surface area (Å²) in [5, 5.41) is 9.63. The Morgan fingerprint density at radius 2 is 2.18 bits per heavy atom. The van der Waals surface area contributed by atoms with Gasteiger partial charge in [-0.05, 0) is 35.7 Å². The molecule has 17 heavy (non-hydrogen) atoms. The lowest BCUT2D eigenvalue weighted by molar-refractivity contribution is 0.0940. The first-order valence-electron chi connectivity index (χ1n) is 5.53. The van der Waals surface area contributed by atoms with Gasteiger partial charge in [0.15, 0.2) is 5.69 Å². The van der Waals surface area contributed by atoms with Crippen LogP contribution in [0.5, 0.6) is 0 Å². The Hall–Kier alpha value is -0.880. The molecule has 0 spiro atoms. The molecule has 0 aliphatic rings. The number of amides is 1. The predicted octanol–water partition coefficient (Wildman–Crippen LogP) is 1.76. The molecule has 1 heterocycles. The molecule has 0 saturated carbocycles. The molecule has 0 unspecified atom stereocenters. The van der Waals surface area contributed by atoms with Crippen LogP contribution >= 0.6 is 15.9 Å². The number of nitrogens with two attached hydrogens (primary N) is 1. The highest BCUT2D eigenvalue weighted by Gasteiger charge is 2.20.